The Morgan fingerprint density at radius 1 is 1.05 bits per heavy atom. The summed E-state index contributed by atoms with van der Waals surface area (Å²) in [5.41, 5.74) is 1.25. The van der Waals surface area contributed by atoms with Crippen molar-refractivity contribution in [3.63, 3.8) is 0 Å². The second kappa shape index (κ2) is 6.02. The quantitative estimate of drug-likeness (QED) is 0.757. The molecule has 0 amide bonds. The molecule has 0 saturated carbocycles. The van der Waals surface area contributed by atoms with E-state index in [1.54, 1.807) is 13.4 Å². The molecule has 1 atom stereocenters. The van der Waals surface area contributed by atoms with Gasteiger partial charge in [-0.25, -0.2) is 0 Å². The van der Waals surface area contributed by atoms with Gasteiger partial charge >= 0.3 is 0 Å². The van der Waals surface area contributed by atoms with E-state index in [0.717, 1.165) is 23.4 Å². The Morgan fingerprint density at radius 3 is 2.57 bits per heavy atom. The molecule has 0 aliphatic rings. The molecule has 0 bridgehead atoms. The van der Waals surface area contributed by atoms with Crippen molar-refractivity contribution in [3.8, 4) is 5.75 Å². The highest BCUT2D eigenvalue weighted by Crippen LogP contribution is 2.28. The van der Waals surface area contributed by atoms with E-state index in [0.29, 0.717) is 0 Å². The molecule has 1 N–H and O–H groups in total. The summed E-state index contributed by atoms with van der Waals surface area (Å²) in [6.07, 6.45) is 1.70. The fourth-order valence-corrected chi connectivity index (χ4v) is 2.57. The fourth-order valence-electron chi connectivity index (χ4n) is 2.57. The predicted molar refractivity (Wildman–Crippen MR) is 84.5 cm³/mol. The van der Waals surface area contributed by atoms with Crippen LogP contribution in [-0.2, 0) is 6.54 Å². The first-order valence-corrected chi connectivity index (χ1v) is 7.11. The maximum Gasteiger partial charge on any atom is 0.126 e. The largest absolute Gasteiger partial charge is 0.496 e. The molecule has 0 saturated heterocycles. The van der Waals surface area contributed by atoms with Gasteiger partial charge in [0.15, 0.2) is 0 Å². The van der Waals surface area contributed by atoms with Crippen molar-refractivity contribution in [2.45, 2.75) is 19.5 Å². The second-order valence-electron chi connectivity index (χ2n) is 5.09. The number of fused-ring (bicyclic) bond motifs is 1. The first-order chi connectivity index (χ1) is 10.3. The molecule has 0 radical (unpaired) electrons. The van der Waals surface area contributed by atoms with Crippen molar-refractivity contribution in [1.82, 2.24) is 5.32 Å². The maximum absolute atomic E-state index is 5.43. The summed E-state index contributed by atoms with van der Waals surface area (Å²) in [6.45, 7) is 2.89. The molecule has 0 spiro atoms. The Bertz CT molecular complexity index is 719. The lowest BCUT2D eigenvalue weighted by Gasteiger charge is -2.14. The first-order valence-electron chi connectivity index (χ1n) is 7.11. The van der Waals surface area contributed by atoms with Gasteiger partial charge in [0.25, 0.3) is 0 Å². The van der Waals surface area contributed by atoms with E-state index in [1.807, 2.05) is 24.3 Å². The van der Waals surface area contributed by atoms with Gasteiger partial charge in [0, 0.05) is 11.9 Å². The molecule has 1 heterocycles. The number of methoxy groups -OCH3 is 1. The van der Waals surface area contributed by atoms with Crippen LogP contribution in [0, 0.1) is 0 Å². The molecule has 0 aliphatic carbocycles. The van der Waals surface area contributed by atoms with Gasteiger partial charge in [0.1, 0.15) is 11.5 Å². The van der Waals surface area contributed by atoms with Gasteiger partial charge in [0.05, 0.1) is 19.4 Å². The van der Waals surface area contributed by atoms with Gasteiger partial charge < -0.3 is 14.5 Å². The highest BCUT2D eigenvalue weighted by molar-refractivity contribution is 5.91. The lowest BCUT2D eigenvalue weighted by molar-refractivity contribution is 0.419. The van der Waals surface area contributed by atoms with Crippen LogP contribution in [0.15, 0.2) is 59.2 Å². The monoisotopic (exact) mass is 281 g/mol. The number of benzene rings is 2. The van der Waals surface area contributed by atoms with Crippen LogP contribution in [0.1, 0.15) is 24.3 Å². The van der Waals surface area contributed by atoms with Crippen molar-refractivity contribution in [1.29, 1.82) is 0 Å². The van der Waals surface area contributed by atoms with E-state index >= 15 is 0 Å². The van der Waals surface area contributed by atoms with Gasteiger partial charge in [-0.15, -0.1) is 0 Å². The lowest BCUT2D eigenvalue weighted by atomic mass is 10.0. The van der Waals surface area contributed by atoms with E-state index in [2.05, 4.69) is 36.5 Å². The van der Waals surface area contributed by atoms with Crippen LogP contribution in [0.4, 0.5) is 0 Å². The molecule has 3 nitrogen and oxygen atoms in total. The Balaban J connectivity index is 1.84. The van der Waals surface area contributed by atoms with Crippen molar-refractivity contribution < 1.29 is 9.15 Å². The molecule has 21 heavy (non-hydrogen) atoms. The van der Waals surface area contributed by atoms with Crippen molar-refractivity contribution in [2.24, 2.45) is 0 Å². The summed E-state index contributed by atoms with van der Waals surface area (Å²) in [6, 6.07) is 16.5. The van der Waals surface area contributed by atoms with E-state index in [-0.39, 0.29) is 6.04 Å². The Kier molecular flexibility index (Phi) is 3.93. The van der Waals surface area contributed by atoms with E-state index in [4.69, 9.17) is 9.15 Å². The van der Waals surface area contributed by atoms with Crippen molar-refractivity contribution in [2.75, 3.05) is 7.11 Å². The van der Waals surface area contributed by atoms with Gasteiger partial charge in [0.2, 0.25) is 0 Å². The fraction of sp³-hybridized carbons (Fsp3) is 0.222. The number of furan rings is 1. The average molecular weight is 281 g/mol. The minimum Gasteiger partial charge on any atom is -0.496 e. The molecule has 0 unspecified atom stereocenters. The molecule has 0 aliphatic heterocycles. The van der Waals surface area contributed by atoms with Crippen LogP contribution < -0.4 is 10.1 Å². The normalized spacial score (nSPS) is 12.5. The van der Waals surface area contributed by atoms with Crippen LogP contribution in [0.2, 0.25) is 0 Å². The molecular formula is C18H19NO2. The highest BCUT2D eigenvalue weighted by Gasteiger charge is 2.10. The Hall–Kier alpha value is -2.26. The summed E-state index contributed by atoms with van der Waals surface area (Å²) in [5, 5.41) is 5.86. The molecule has 0 fully saturated rings. The number of ether oxygens (including phenoxy) is 1. The number of nitrogens with one attached hydrogen (secondary N) is 1. The minimum absolute atomic E-state index is 0.181. The smallest absolute Gasteiger partial charge is 0.126 e. The molecule has 3 aromatic rings. The summed E-state index contributed by atoms with van der Waals surface area (Å²) < 4.78 is 10.9. The van der Waals surface area contributed by atoms with Crippen molar-refractivity contribution in [3.05, 3.63) is 66.1 Å². The second-order valence-corrected chi connectivity index (χ2v) is 5.09. The summed E-state index contributed by atoms with van der Waals surface area (Å²) in [7, 11) is 1.71. The van der Waals surface area contributed by atoms with Gasteiger partial charge in [-0.3, -0.25) is 0 Å². The molecular weight excluding hydrogens is 262 g/mol. The summed E-state index contributed by atoms with van der Waals surface area (Å²) in [4.78, 5) is 0. The van der Waals surface area contributed by atoms with Crippen LogP contribution in [0.25, 0.3) is 10.8 Å². The van der Waals surface area contributed by atoms with Crippen LogP contribution in [0.3, 0.4) is 0 Å². The van der Waals surface area contributed by atoms with E-state index < -0.39 is 0 Å². The zero-order valence-electron chi connectivity index (χ0n) is 12.3. The van der Waals surface area contributed by atoms with Gasteiger partial charge in [-0.1, -0.05) is 30.3 Å². The van der Waals surface area contributed by atoms with E-state index in [9.17, 15) is 0 Å². The standard InChI is InChI=1S/C18H19NO2/c1-13(17-8-5-11-21-17)19-12-14-9-10-18(20-2)16-7-4-3-6-15(14)16/h3-11,13,19H,12H2,1-2H3/t13-/m0/s1. The third-order valence-corrected chi connectivity index (χ3v) is 3.76. The number of hydrogen-bond acceptors (Lipinski definition) is 3. The van der Waals surface area contributed by atoms with Gasteiger partial charge in [-0.05, 0) is 36.1 Å². The SMILES string of the molecule is COc1ccc(CN[C@@H](C)c2ccco2)c2ccccc12. The van der Waals surface area contributed by atoms with E-state index in [1.165, 1.54) is 10.9 Å². The Morgan fingerprint density at radius 2 is 1.86 bits per heavy atom. The molecule has 1 aromatic heterocycles. The van der Waals surface area contributed by atoms with Crippen molar-refractivity contribution >= 4 is 10.8 Å². The number of rotatable bonds is 5. The third-order valence-electron chi connectivity index (χ3n) is 3.76. The van der Waals surface area contributed by atoms with Crippen LogP contribution in [0.5, 0.6) is 5.75 Å². The Labute approximate surface area is 124 Å². The molecule has 3 rings (SSSR count). The maximum atomic E-state index is 5.43. The predicted octanol–water partition coefficient (Wildman–Crippen LogP) is 4.29. The third kappa shape index (κ3) is 2.78. The molecule has 2 aromatic carbocycles. The highest BCUT2D eigenvalue weighted by atomic mass is 16.5. The van der Waals surface area contributed by atoms with Crippen LogP contribution >= 0.6 is 0 Å². The summed E-state index contributed by atoms with van der Waals surface area (Å²) in [5.74, 6) is 1.86. The molecule has 108 valence electrons. The number of hydrogen-bond donors (Lipinski definition) is 1. The average Bonchev–Trinajstić information content (AvgIpc) is 3.06. The molecule has 3 heteroatoms. The lowest BCUT2D eigenvalue weighted by Crippen LogP contribution is -2.17. The summed E-state index contributed by atoms with van der Waals surface area (Å²) >= 11 is 0. The zero-order valence-corrected chi connectivity index (χ0v) is 12.3. The minimum atomic E-state index is 0.181. The first kappa shape index (κ1) is 13.7. The van der Waals surface area contributed by atoms with Gasteiger partial charge in [-0.2, -0.15) is 0 Å². The zero-order chi connectivity index (χ0) is 14.7. The van der Waals surface area contributed by atoms with Crippen LogP contribution in [-0.4, -0.2) is 7.11 Å². The topological polar surface area (TPSA) is 34.4 Å².